The van der Waals surface area contributed by atoms with Gasteiger partial charge in [-0.25, -0.2) is 9.78 Å². The largest absolute Gasteiger partial charge is 0.470 e. The molecule has 130 valence electrons. The summed E-state index contributed by atoms with van der Waals surface area (Å²) in [6.45, 7) is 5.15. The molecule has 0 aliphatic rings. The molecule has 24 heavy (non-hydrogen) atoms. The number of nitrogen functional groups attached to an aromatic ring is 1. The molecule has 7 nitrogen and oxygen atoms in total. The lowest BCUT2D eigenvalue weighted by molar-refractivity contribution is 0.0615. The maximum atomic E-state index is 14.2. The number of nitrogens with two attached hydrogens (primary N) is 2. The second-order valence-electron chi connectivity index (χ2n) is 4.62. The van der Waals surface area contributed by atoms with Crippen molar-refractivity contribution in [1.29, 1.82) is 0 Å². The molecule has 0 aliphatic heterocycles. The standard InChI is InChI=1S/C16H21FN4O3/c1-4-5-6-7-10(2)23-16(22)11-9-21-15(19)13(17)14(11)24-12(8-18)20-3/h4-7,9,12,20H,1,8,18H2,2-3H3,(H2,19,21)/b6-5-,10-7+. The molecule has 5 N–H and O–H groups in total. The lowest BCUT2D eigenvalue weighted by Crippen LogP contribution is -2.39. The number of nitrogens with one attached hydrogen (secondary N) is 1. The molecule has 1 rings (SSSR count). The molecule has 0 saturated heterocycles. The van der Waals surface area contributed by atoms with Gasteiger partial charge in [-0.3, -0.25) is 5.32 Å². The average Bonchev–Trinajstić information content (AvgIpc) is 2.56. The van der Waals surface area contributed by atoms with Gasteiger partial charge in [0.25, 0.3) is 0 Å². The van der Waals surface area contributed by atoms with E-state index in [1.807, 2.05) is 0 Å². The normalized spacial score (nSPS) is 12.9. The van der Waals surface area contributed by atoms with Crippen LogP contribution in [0.2, 0.25) is 0 Å². The van der Waals surface area contributed by atoms with Crippen LogP contribution in [0.15, 0.2) is 42.8 Å². The van der Waals surface area contributed by atoms with E-state index in [0.717, 1.165) is 6.20 Å². The van der Waals surface area contributed by atoms with Crippen LogP contribution in [0.25, 0.3) is 0 Å². The average molecular weight is 336 g/mol. The van der Waals surface area contributed by atoms with Gasteiger partial charge in [0.1, 0.15) is 11.3 Å². The first-order valence-corrected chi connectivity index (χ1v) is 7.10. The Morgan fingerprint density at radius 1 is 1.54 bits per heavy atom. The molecule has 0 aromatic carbocycles. The van der Waals surface area contributed by atoms with Crippen LogP contribution in [0, 0.1) is 5.82 Å². The zero-order chi connectivity index (χ0) is 18.1. The minimum Gasteiger partial charge on any atom is -0.470 e. The van der Waals surface area contributed by atoms with Crippen LogP contribution in [-0.4, -0.2) is 30.8 Å². The Hall–Kier alpha value is -2.71. The van der Waals surface area contributed by atoms with E-state index in [4.69, 9.17) is 20.9 Å². The molecule has 8 heteroatoms. The van der Waals surface area contributed by atoms with Gasteiger partial charge in [-0.1, -0.05) is 24.8 Å². The number of rotatable bonds is 8. The van der Waals surface area contributed by atoms with Crippen LogP contribution >= 0.6 is 0 Å². The van der Waals surface area contributed by atoms with Crippen molar-refractivity contribution in [2.75, 3.05) is 19.3 Å². The number of anilines is 1. The number of aromatic nitrogens is 1. The van der Waals surface area contributed by atoms with E-state index in [9.17, 15) is 9.18 Å². The van der Waals surface area contributed by atoms with Crippen LogP contribution in [0.5, 0.6) is 5.75 Å². The van der Waals surface area contributed by atoms with Crippen molar-refractivity contribution in [3.8, 4) is 5.75 Å². The van der Waals surface area contributed by atoms with E-state index in [0.29, 0.717) is 5.76 Å². The van der Waals surface area contributed by atoms with Crippen LogP contribution in [0.1, 0.15) is 17.3 Å². The summed E-state index contributed by atoms with van der Waals surface area (Å²) in [5.41, 5.74) is 10.7. The third kappa shape index (κ3) is 5.18. The minimum atomic E-state index is -0.952. The number of carbonyl (C=O) groups is 1. The van der Waals surface area contributed by atoms with Crippen LogP contribution in [0.4, 0.5) is 10.2 Å². The molecule has 0 radical (unpaired) electrons. The molecule has 0 saturated carbocycles. The number of hydrogen-bond acceptors (Lipinski definition) is 7. The number of nitrogens with zero attached hydrogens (tertiary/aromatic N) is 1. The summed E-state index contributed by atoms with van der Waals surface area (Å²) < 4.78 is 24.7. The lowest BCUT2D eigenvalue weighted by Gasteiger charge is -2.19. The Kier molecular flexibility index (Phi) is 7.60. The lowest BCUT2D eigenvalue weighted by atomic mass is 10.2. The Morgan fingerprint density at radius 2 is 2.25 bits per heavy atom. The fourth-order valence-electron chi connectivity index (χ4n) is 1.62. The van der Waals surface area contributed by atoms with Gasteiger partial charge in [0.15, 0.2) is 17.8 Å². The van der Waals surface area contributed by atoms with Crippen LogP contribution in [-0.2, 0) is 4.74 Å². The van der Waals surface area contributed by atoms with E-state index in [-0.39, 0.29) is 17.9 Å². The molecule has 1 aromatic heterocycles. The minimum absolute atomic E-state index is 0.0535. The highest BCUT2D eigenvalue weighted by Gasteiger charge is 2.24. The summed E-state index contributed by atoms with van der Waals surface area (Å²) in [7, 11) is 1.58. The molecular formula is C16H21FN4O3. The number of likely N-dealkylation sites (N-methyl/N-ethyl adjacent to an activating group) is 1. The van der Waals surface area contributed by atoms with Gasteiger partial charge < -0.3 is 20.9 Å². The van der Waals surface area contributed by atoms with Crippen molar-refractivity contribution in [3.05, 3.63) is 54.2 Å². The maximum Gasteiger partial charge on any atom is 0.348 e. The van der Waals surface area contributed by atoms with Crippen LogP contribution < -0.4 is 21.5 Å². The molecular weight excluding hydrogens is 315 g/mol. The first kappa shape index (κ1) is 19.3. The highest BCUT2D eigenvalue weighted by Crippen LogP contribution is 2.27. The van der Waals surface area contributed by atoms with Gasteiger partial charge in [-0.2, -0.15) is 4.39 Å². The van der Waals surface area contributed by atoms with Crippen molar-refractivity contribution >= 4 is 11.8 Å². The van der Waals surface area contributed by atoms with Gasteiger partial charge in [-0.15, -0.1) is 0 Å². The summed E-state index contributed by atoms with van der Waals surface area (Å²) in [6, 6.07) is 0. The van der Waals surface area contributed by atoms with E-state index in [2.05, 4.69) is 16.9 Å². The van der Waals surface area contributed by atoms with Crippen molar-refractivity contribution in [3.63, 3.8) is 0 Å². The first-order chi connectivity index (χ1) is 11.4. The third-order valence-corrected chi connectivity index (χ3v) is 2.85. The molecule has 1 atom stereocenters. The summed E-state index contributed by atoms with van der Waals surface area (Å²) in [5, 5.41) is 2.73. The third-order valence-electron chi connectivity index (χ3n) is 2.85. The molecule has 1 unspecified atom stereocenters. The predicted molar refractivity (Wildman–Crippen MR) is 89.6 cm³/mol. The first-order valence-electron chi connectivity index (χ1n) is 7.10. The van der Waals surface area contributed by atoms with Crippen molar-refractivity contribution in [2.24, 2.45) is 5.73 Å². The number of allylic oxidation sites excluding steroid dienone is 5. The number of halogens is 1. The van der Waals surface area contributed by atoms with Gasteiger partial charge in [0.2, 0.25) is 5.82 Å². The molecule has 0 spiro atoms. The Balaban J connectivity index is 3.11. The number of pyridine rings is 1. The number of hydrogen-bond donors (Lipinski definition) is 3. The summed E-state index contributed by atoms with van der Waals surface area (Å²) in [5.74, 6) is -2.25. The Morgan fingerprint density at radius 3 is 2.83 bits per heavy atom. The maximum absolute atomic E-state index is 14.2. The summed E-state index contributed by atoms with van der Waals surface area (Å²) in [6.07, 6.45) is 6.81. The van der Waals surface area contributed by atoms with Crippen molar-refractivity contribution in [2.45, 2.75) is 13.2 Å². The Bertz CT molecular complexity index is 655. The quantitative estimate of drug-likeness (QED) is 0.285. The van der Waals surface area contributed by atoms with Gasteiger partial charge >= 0.3 is 5.97 Å². The molecule has 0 bridgehead atoms. The van der Waals surface area contributed by atoms with E-state index in [1.54, 1.807) is 38.3 Å². The SMILES string of the molecule is C=C/C=C\C=C(/C)OC(=O)c1cnc(N)c(F)c1OC(CN)NC. The second kappa shape index (κ2) is 9.43. The molecule has 0 fully saturated rings. The number of esters is 1. The summed E-state index contributed by atoms with van der Waals surface area (Å²) in [4.78, 5) is 15.9. The Labute approximate surface area is 139 Å². The highest BCUT2D eigenvalue weighted by atomic mass is 19.1. The van der Waals surface area contributed by atoms with Gasteiger partial charge in [-0.05, 0) is 20.0 Å². The molecule has 0 aliphatic carbocycles. The molecule has 0 amide bonds. The zero-order valence-electron chi connectivity index (χ0n) is 13.6. The highest BCUT2D eigenvalue weighted by molar-refractivity contribution is 5.93. The van der Waals surface area contributed by atoms with Crippen molar-refractivity contribution < 1.29 is 18.7 Å². The number of carbonyl (C=O) groups excluding carboxylic acids is 1. The predicted octanol–water partition coefficient (Wildman–Crippen LogP) is 1.49. The van der Waals surface area contributed by atoms with E-state index < -0.39 is 23.8 Å². The molecule has 1 aromatic rings. The van der Waals surface area contributed by atoms with Gasteiger partial charge in [0.05, 0.1) is 0 Å². The van der Waals surface area contributed by atoms with Crippen molar-refractivity contribution in [1.82, 2.24) is 10.3 Å². The fourth-order valence-corrected chi connectivity index (χ4v) is 1.62. The van der Waals surface area contributed by atoms with E-state index in [1.165, 1.54) is 0 Å². The van der Waals surface area contributed by atoms with Crippen LogP contribution in [0.3, 0.4) is 0 Å². The fraction of sp³-hybridized carbons (Fsp3) is 0.250. The smallest absolute Gasteiger partial charge is 0.348 e. The topological polar surface area (TPSA) is 112 Å². The van der Waals surface area contributed by atoms with E-state index >= 15 is 0 Å². The second-order valence-corrected chi connectivity index (χ2v) is 4.62. The number of ether oxygens (including phenoxy) is 2. The van der Waals surface area contributed by atoms with Gasteiger partial charge in [0, 0.05) is 12.7 Å². The summed E-state index contributed by atoms with van der Waals surface area (Å²) >= 11 is 0. The zero-order valence-corrected chi connectivity index (χ0v) is 13.6. The monoisotopic (exact) mass is 336 g/mol. The molecule has 1 heterocycles.